The molecule has 2 aliphatic heterocycles. The van der Waals surface area contributed by atoms with Crippen molar-refractivity contribution in [3.63, 3.8) is 0 Å². The van der Waals surface area contributed by atoms with Crippen LogP contribution in [0.5, 0.6) is 0 Å². The van der Waals surface area contributed by atoms with Crippen LogP contribution in [-0.4, -0.2) is 54.5 Å². The maximum Gasteiger partial charge on any atom is 0.239 e. The lowest BCUT2D eigenvalue weighted by Gasteiger charge is -2.37. The van der Waals surface area contributed by atoms with Crippen molar-refractivity contribution in [3.05, 3.63) is 35.9 Å². The number of amides is 1. The fourth-order valence-electron chi connectivity index (χ4n) is 3.25. The van der Waals surface area contributed by atoms with Crippen LogP contribution in [0.1, 0.15) is 24.8 Å². The highest BCUT2D eigenvalue weighted by Crippen LogP contribution is 2.13. The summed E-state index contributed by atoms with van der Waals surface area (Å²) >= 11 is 0. The van der Waals surface area contributed by atoms with E-state index in [0.717, 1.165) is 45.7 Å². The molecule has 1 N–H and O–H groups in total. The summed E-state index contributed by atoms with van der Waals surface area (Å²) < 4.78 is 0. The lowest BCUT2D eigenvalue weighted by atomic mass is 10.0. The number of piperazine rings is 1. The SMILES string of the molecule is O=C([C@H]1CCCCN1)N1CCN(Cc2ccccc2)CC1. The Hall–Kier alpha value is -1.39. The van der Waals surface area contributed by atoms with Gasteiger partial charge in [0.1, 0.15) is 0 Å². The first-order valence-corrected chi connectivity index (χ1v) is 8.11. The van der Waals surface area contributed by atoms with Crippen molar-refractivity contribution in [2.75, 3.05) is 32.7 Å². The lowest BCUT2D eigenvalue weighted by Crippen LogP contribution is -2.54. The van der Waals surface area contributed by atoms with Gasteiger partial charge in [0.05, 0.1) is 6.04 Å². The molecule has 4 heteroatoms. The van der Waals surface area contributed by atoms with Gasteiger partial charge in [-0.3, -0.25) is 9.69 Å². The fourth-order valence-corrected chi connectivity index (χ4v) is 3.25. The van der Waals surface area contributed by atoms with Crippen LogP contribution in [0.3, 0.4) is 0 Å². The summed E-state index contributed by atoms with van der Waals surface area (Å²) in [5.74, 6) is 0.314. The smallest absolute Gasteiger partial charge is 0.239 e. The topological polar surface area (TPSA) is 35.6 Å². The van der Waals surface area contributed by atoms with Gasteiger partial charge in [0.15, 0.2) is 0 Å². The number of hydrogen-bond donors (Lipinski definition) is 1. The van der Waals surface area contributed by atoms with Gasteiger partial charge in [-0.1, -0.05) is 36.8 Å². The normalized spacial score (nSPS) is 24.0. The summed E-state index contributed by atoms with van der Waals surface area (Å²) in [7, 11) is 0. The van der Waals surface area contributed by atoms with Gasteiger partial charge in [-0.2, -0.15) is 0 Å². The maximum absolute atomic E-state index is 12.5. The maximum atomic E-state index is 12.5. The molecule has 1 atom stereocenters. The Morgan fingerprint density at radius 3 is 2.52 bits per heavy atom. The molecule has 0 aliphatic carbocycles. The van der Waals surface area contributed by atoms with Gasteiger partial charge >= 0.3 is 0 Å². The number of carbonyl (C=O) groups is 1. The number of piperidine rings is 1. The second-order valence-corrected chi connectivity index (χ2v) is 6.09. The van der Waals surface area contributed by atoms with E-state index in [1.54, 1.807) is 0 Å². The van der Waals surface area contributed by atoms with E-state index in [-0.39, 0.29) is 6.04 Å². The van der Waals surface area contributed by atoms with Crippen LogP contribution < -0.4 is 5.32 Å². The Balaban J connectivity index is 1.47. The van der Waals surface area contributed by atoms with E-state index in [1.165, 1.54) is 18.4 Å². The first-order valence-electron chi connectivity index (χ1n) is 8.11. The standard InChI is InChI=1S/C17H25N3O/c21-17(16-8-4-5-9-18-16)20-12-10-19(11-13-20)14-15-6-2-1-3-7-15/h1-3,6-7,16,18H,4-5,8-14H2/t16-/m1/s1. The lowest BCUT2D eigenvalue weighted by molar-refractivity contribution is -0.135. The summed E-state index contributed by atoms with van der Waals surface area (Å²) in [6.45, 7) is 5.67. The monoisotopic (exact) mass is 287 g/mol. The summed E-state index contributed by atoms with van der Waals surface area (Å²) in [5, 5.41) is 3.36. The van der Waals surface area contributed by atoms with E-state index in [9.17, 15) is 4.79 Å². The Kier molecular flexibility index (Phi) is 4.88. The highest BCUT2D eigenvalue weighted by Gasteiger charge is 2.28. The minimum atomic E-state index is 0.0689. The van der Waals surface area contributed by atoms with Crippen LogP contribution in [0, 0.1) is 0 Å². The molecule has 1 aromatic carbocycles. The average Bonchev–Trinajstić information content (AvgIpc) is 2.57. The number of benzene rings is 1. The summed E-state index contributed by atoms with van der Waals surface area (Å²) in [5.41, 5.74) is 1.35. The third-order valence-electron chi connectivity index (χ3n) is 4.54. The molecular formula is C17H25N3O. The van der Waals surface area contributed by atoms with E-state index >= 15 is 0 Å². The zero-order valence-corrected chi connectivity index (χ0v) is 12.6. The Morgan fingerprint density at radius 1 is 1.10 bits per heavy atom. The minimum Gasteiger partial charge on any atom is -0.339 e. The summed E-state index contributed by atoms with van der Waals surface area (Å²) in [6.07, 6.45) is 3.38. The molecule has 1 amide bonds. The molecule has 2 saturated heterocycles. The van der Waals surface area contributed by atoms with Gasteiger partial charge in [-0.25, -0.2) is 0 Å². The first kappa shape index (κ1) is 14.5. The minimum absolute atomic E-state index is 0.0689. The van der Waals surface area contributed by atoms with Gasteiger partial charge in [0.2, 0.25) is 5.91 Å². The van der Waals surface area contributed by atoms with Gasteiger partial charge in [0, 0.05) is 32.7 Å². The predicted octanol–water partition coefficient (Wildman–Crippen LogP) is 1.47. The number of nitrogens with zero attached hydrogens (tertiary/aromatic N) is 2. The van der Waals surface area contributed by atoms with Crippen LogP contribution in [0.2, 0.25) is 0 Å². The second-order valence-electron chi connectivity index (χ2n) is 6.09. The summed E-state index contributed by atoms with van der Waals surface area (Å²) in [6, 6.07) is 10.6. The molecule has 0 unspecified atom stereocenters. The first-order chi connectivity index (χ1) is 10.3. The number of carbonyl (C=O) groups excluding carboxylic acids is 1. The van der Waals surface area contributed by atoms with Gasteiger partial charge in [-0.05, 0) is 24.9 Å². The van der Waals surface area contributed by atoms with E-state index in [4.69, 9.17) is 0 Å². The molecule has 21 heavy (non-hydrogen) atoms. The van der Waals surface area contributed by atoms with Crippen molar-refractivity contribution < 1.29 is 4.79 Å². The van der Waals surface area contributed by atoms with E-state index in [0.29, 0.717) is 5.91 Å². The molecule has 0 aromatic heterocycles. The van der Waals surface area contributed by atoms with Crippen molar-refractivity contribution >= 4 is 5.91 Å². The molecular weight excluding hydrogens is 262 g/mol. The number of hydrogen-bond acceptors (Lipinski definition) is 3. The zero-order chi connectivity index (χ0) is 14.5. The van der Waals surface area contributed by atoms with Crippen LogP contribution in [0.25, 0.3) is 0 Å². The largest absolute Gasteiger partial charge is 0.339 e. The van der Waals surface area contributed by atoms with Gasteiger partial charge < -0.3 is 10.2 Å². The van der Waals surface area contributed by atoms with Crippen molar-refractivity contribution in [2.24, 2.45) is 0 Å². The Bertz CT molecular complexity index is 448. The average molecular weight is 287 g/mol. The van der Waals surface area contributed by atoms with Crippen molar-refractivity contribution in [1.82, 2.24) is 15.1 Å². The number of rotatable bonds is 3. The molecule has 1 aromatic rings. The van der Waals surface area contributed by atoms with Crippen molar-refractivity contribution in [3.8, 4) is 0 Å². The molecule has 2 heterocycles. The Morgan fingerprint density at radius 2 is 1.86 bits per heavy atom. The van der Waals surface area contributed by atoms with Gasteiger partial charge in [-0.15, -0.1) is 0 Å². The van der Waals surface area contributed by atoms with Crippen LogP contribution in [-0.2, 0) is 11.3 Å². The molecule has 0 bridgehead atoms. The molecule has 114 valence electrons. The summed E-state index contributed by atoms with van der Waals surface area (Å²) in [4.78, 5) is 16.9. The van der Waals surface area contributed by atoms with Crippen LogP contribution in [0.15, 0.2) is 30.3 Å². The van der Waals surface area contributed by atoms with Crippen molar-refractivity contribution in [2.45, 2.75) is 31.8 Å². The molecule has 2 fully saturated rings. The molecule has 0 spiro atoms. The van der Waals surface area contributed by atoms with E-state index < -0.39 is 0 Å². The third kappa shape index (κ3) is 3.83. The van der Waals surface area contributed by atoms with Gasteiger partial charge in [0.25, 0.3) is 0 Å². The molecule has 2 aliphatic rings. The Labute approximate surface area is 127 Å². The molecule has 4 nitrogen and oxygen atoms in total. The molecule has 0 saturated carbocycles. The van der Waals surface area contributed by atoms with Crippen LogP contribution in [0.4, 0.5) is 0 Å². The van der Waals surface area contributed by atoms with E-state index in [1.807, 2.05) is 4.90 Å². The zero-order valence-electron chi connectivity index (χ0n) is 12.6. The molecule has 0 radical (unpaired) electrons. The quantitative estimate of drug-likeness (QED) is 0.914. The highest BCUT2D eigenvalue weighted by atomic mass is 16.2. The fraction of sp³-hybridized carbons (Fsp3) is 0.588. The predicted molar refractivity (Wildman–Crippen MR) is 83.9 cm³/mol. The van der Waals surface area contributed by atoms with E-state index in [2.05, 4.69) is 40.5 Å². The third-order valence-corrected chi connectivity index (χ3v) is 4.54. The molecule has 3 rings (SSSR count). The van der Waals surface area contributed by atoms with Crippen molar-refractivity contribution in [1.29, 1.82) is 0 Å². The van der Waals surface area contributed by atoms with Crippen LogP contribution >= 0.6 is 0 Å². The highest BCUT2D eigenvalue weighted by molar-refractivity contribution is 5.82. The number of nitrogens with one attached hydrogen (secondary N) is 1. The second kappa shape index (κ2) is 7.05.